The lowest BCUT2D eigenvalue weighted by molar-refractivity contribution is 0.133. The van der Waals surface area contributed by atoms with Crippen LogP contribution in [-0.4, -0.2) is 18.2 Å². The normalized spacial score (nSPS) is 21.1. The molecule has 1 N–H and O–H groups in total. The number of hydrogen-bond acceptors (Lipinski definition) is 2. The Kier molecular flexibility index (Phi) is 4.43. The van der Waals surface area contributed by atoms with Crippen LogP contribution in [0.25, 0.3) is 0 Å². The molecule has 1 aromatic carbocycles. The molecule has 0 fully saturated rings. The molecule has 0 spiro atoms. The number of rotatable bonds is 5. The van der Waals surface area contributed by atoms with Gasteiger partial charge in [0.1, 0.15) is 11.9 Å². The van der Waals surface area contributed by atoms with Crippen molar-refractivity contribution in [1.29, 1.82) is 0 Å². The van der Waals surface area contributed by atoms with E-state index in [-0.39, 0.29) is 5.54 Å². The van der Waals surface area contributed by atoms with Gasteiger partial charge in [-0.05, 0) is 50.7 Å². The summed E-state index contributed by atoms with van der Waals surface area (Å²) in [7, 11) is 0. The van der Waals surface area contributed by atoms with Crippen LogP contribution < -0.4 is 10.1 Å². The maximum absolute atomic E-state index is 6.11. The second kappa shape index (κ2) is 5.77. The molecule has 1 aromatic rings. The van der Waals surface area contributed by atoms with Gasteiger partial charge >= 0.3 is 0 Å². The highest BCUT2D eigenvalue weighted by molar-refractivity contribution is 5.37. The average molecular weight is 275 g/mol. The maximum Gasteiger partial charge on any atom is 0.123 e. The van der Waals surface area contributed by atoms with Gasteiger partial charge in [0.05, 0.1) is 0 Å². The number of ether oxygens (including phenoxy) is 1. The Morgan fingerprint density at radius 2 is 1.90 bits per heavy atom. The van der Waals surface area contributed by atoms with Crippen LogP contribution in [0, 0.1) is 5.41 Å². The Morgan fingerprint density at radius 3 is 2.50 bits per heavy atom. The first-order chi connectivity index (χ1) is 9.31. The van der Waals surface area contributed by atoms with Crippen molar-refractivity contribution in [2.24, 2.45) is 5.41 Å². The van der Waals surface area contributed by atoms with Crippen molar-refractivity contribution in [3.8, 4) is 5.75 Å². The first-order valence-electron chi connectivity index (χ1n) is 7.81. The summed E-state index contributed by atoms with van der Waals surface area (Å²) in [4.78, 5) is 0. The summed E-state index contributed by atoms with van der Waals surface area (Å²) in [5.41, 5.74) is 1.83. The smallest absolute Gasteiger partial charge is 0.123 e. The molecule has 1 aliphatic heterocycles. The lowest BCUT2D eigenvalue weighted by Crippen LogP contribution is -2.44. The Morgan fingerprint density at radius 1 is 1.20 bits per heavy atom. The molecule has 2 nitrogen and oxygen atoms in total. The summed E-state index contributed by atoms with van der Waals surface area (Å²) >= 11 is 0. The monoisotopic (exact) mass is 275 g/mol. The van der Waals surface area contributed by atoms with E-state index in [2.05, 4.69) is 64.2 Å². The fourth-order valence-corrected chi connectivity index (χ4v) is 2.74. The van der Waals surface area contributed by atoms with E-state index in [1.165, 1.54) is 12.0 Å². The van der Waals surface area contributed by atoms with E-state index in [0.717, 1.165) is 25.1 Å². The van der Waals surface area contributed by atoms with Crippen molar-refractivity contribution >= 4 is 0 Å². The van der Waals surface area contributed by atoms with Crippen LogP contribution in [0.3, 0.4) is 0 Å². The Bertz CT molecular complexity index is 424. The highest BCUT2D eigenvalue weighted by atomic mass is 16.5. The van der Waals surface area contributed by atoms with Crippen LogP contribution in [0.4, 0.5) is 0 Å². The van der Waals surface area contributed by atoms with Gasteiger partial charge in [-0.2, -0.15) is 0 Å². The molecule has 1 heterocycles. The summed E-state index contributed by atoms with van der Waals surface area (Å²) in [6.45, 7) is 12.4. The van der Waals surface area contributed by atoms with Crippen LogP contribution in [0.1, 0.15) is 53.0 Å². The van der Waals surface area contributed by atoms with Gasteiger partial charge < -0.3 is 10.1 Å². The number of nitrogens with one attached hydrogen (secondary N) is 1. The van der Waals surface area contributed by atoms with Gasteiger partial charge in [-0.1, -0.05) is 32.0 Å². The van der Waals surface area contributed by atoms with E-state index in [9.17, 15) is 0 Å². The van der Waals surface area contributed by atoms with Gasteiger partial charge in [0.25, 0.3) is 0 Å². The highest BCUT2D eigenvalue weighted by Crippen LogP contribution is 2.35. The molecule has 0 aromatic heterocycles. The Labute approximate surface area is 123 Å². The summed E-state index contributed by atoms with van der Waals surface area (Å²) in [6.07, 6.45) is 3.67. The first-order valence-corrected chi connectivity index (χ1v) is 7.81. The predicted octanol–water partition coefficient (Wildman–Crippen LogP) is 4.18. The van der Waals surface area contributed by atoms with Gasteiger partial charge in [-0.15, -0.1) is 0 Å². The Balaban J connectivity index is 1.94. The zero-order valence-electron chi connectivity index (χ0n) is 13.6. The van der Waals surface area contributed by atoms with Crippen molar-refractivity contribution in [2.75, 3.05) is 6.54 Å². The summed E-state index contributed by atoms with van der Waals surface area (Å²) in [6, 6.07) is 8.43. The molecule has 0 saturated heterocycles. The molecule has 112 valence electrons. The molecule has 2 rings (SSSR count). The van der Waals surface area contributed by atoms with E-state index in [1.807, 2.05) is 0 Å². The molecule has 20 heavy (non-hydrogen) atoms. The third-order valence-electron chi connectivity index (χ3n) is 4.33. The van der Waals surface area contributed by atoms with Crippen LogP contribution in [0.5, 0.6) is 5.75 Å². The second-order valence-electron chi connectivity index (χ2n) is 7.52. The number of fused-ring (bicyclic) bond motifs is 1. The standard InChI is InChI=1S/C18H29NO/c1-6-18(5,13-19-17(2,3)4)12-15-11-14-9-7-8-10-16(14)20-15/h7-10,15,19H,6,11-13H2,1-5H3. The predicted molar refractivity (Wildman–Crippen MR) is 85.3 cm³/mol. The average Bonchev–Trinajstić information content (AvgIpc) is 2.77. The molecule has 0 bridgehead atoms. The summed E-state index contributed by atoms with van der Waals surface area (Å²) in [5, 5.41) is 3.65. The topological polar surface area (TPSA) is 21.3 Å². The first kappa shape index (κ1) is 15.4. The quantitative estimate of drug-likeness (QED) is 0.870. The van der Waals surface area contributed by atoms with Gasteiger partial charge in [-0.25, -0.2) is 0 Å². The van der Waals surface area contributed by atoms with Crippen molar-refractivity contribution < 1.29 is 4.74 Å². The van der Waals surface area contributed by atoms with Gasteiger partial charge in [0, 0.05) is 18.5 Å². The zero-order chi connectivity index (χ0) is 14.8. The number of benzene rings is 1. The number of hydrogen-bond donors (Lipinski definition) is 1. The van der Waals surface area contributed by atoms with Crippen LogP contribution in [0.2, 0.25) is 0 Å². The lowest BCUT2D eigenvalue weighted by Gasteiger charge is -2.34. The fourth-order valence-electron chi connectivity index (χ4n) is 2.74. The largest absolute Gasteiger partial charge is 0.490 e. The second-order valence-corrected chi connectivity index (χ2v) is 7.52. The molecule has 0 aliphatic carbocycles. The molecular formula is C18H29NO. The molecule has 2 heteroatoms. The third-order valence-corrected chi connectivity index (χ3v) is 4.33. The molecular weight excluding hydrogens is 246 g/mol. The van der Waals surface area contributed by atoms with Crippen molar-refractivity contribution in [3.05, 3.63) is 29.8 Å². The minimum absolute atomic E-state index is 0.177. The van der Waals surface area contributed by atoms with Crippen molar-refractivity contribution in [1.82, 2.24) is 5.32 Å². The zero-order valence-corrected chi connectivity index (χ0v) is 13.6. The van der Waals surface area contributed by atoms with Crippen molar-refractivity contribution in [2.45, 2.75) is 65.5 Å². The van der Waals surface area contributed by atoms with Crippen LogP contribution in [-0.2, 0) is 6.42 Å². The van der Waals surface area contributed by atoms with E-state index >= 15 is 0 Å². The van der Waals surface area contributed by atoms with E-state index in [1.54, 1.807) is 0 Å². The van der Waals surface area contributed by atoms with Gasteiger partial charge in [0.15, 0.2) is 0 Å². The molecule has 0 radical (unpaired) electrons. The molecule has 2 atom stereocenters. The SMILES string of the molecule is CCC(C)(CNC(C)(C)C)CC1Cc2ccccc2O1. The van der Waals surface area contributed by atoms with Crippen LogP contribution in [0.15, 0.2) is 24.3 Å². The minimum atomic E-state index is 0.177. The van der Waals surface area contributed by atoms with E-state index in [0.29, 0.717) is 11.5 Å². The van der Waals surface area contributed by atoms with E-state index in [4.69, 9.17) is 4.74 Å². The fraction of sp³-hybridized carbons (Fsp3) is 0.667. The van der Waals surface area contributed by atoms with Gasteiger partial charge in [-0.3, -0.25) is 0 Å². The maximum atomic E-state index is 6.11. The third kappa shape index (κ3) is 3.99. The number of para-hydroxylation sites is 1. The molecule has 1 aliphatic rings. The van der Waals surface area contributed by atoms with Crippen LogP contribution >= 0.6 is 0 Å². The van der Waals surface area contributed by atoms with Gasteiger partial charge in [0.2, 0.25) is 0 Å². The minimum Gasteiger partial charge on any atom is -0.490 e. The molecule has 0 amide bonds. The summed E-state index contributed by atoms with van der Waals surface area (Å²) in [5.74, 6) is 1.08. The Hall–Kier alpha value is -1.02. The molecule has 0 saturated carbocycles. The highest BCUT2D eigenvalue weighted by Gasteiger charge is 2.32. The molecule has 2 unspecified atom stereocenters. The summed E-state index contributed by atoms with van der Waals surface area (Å²) < 4.78 is 6.11. The van der Waals surface area contributed by atoms with Crippen molar-refractivity contribution in [3.63, 3.8) is 0 Å². The van der Waals surface area contributed by atoms with E-state index < -0.39 is 0 Å². The lowest BCUT2D eigenvalue weighted by atomic mass is 9.80.